The largest absolute Gasteiger partial charge is 0.493 e. The molecule has 0 aliphatic heterocycles. The van der Waals surface area contributed by atoms with Crippen LogP contribution in [0.5, 0.6) is 5.75 Å². The van der Waals surface area contributed by atoms with Gasteiger partial charge in [-0.1, -0.05) is 28.1 Å². The summed E-state index contributed by atoms with van der Waals surface area (Å²) in [7, 11) is 0. The first-order chi connectivity index (χ1) is 11.5. The third-order valence-corrected chi connectivity index (χ3v) is 4.49. The molecule has 0 atom stereocenters. The number of carbonyl (C=O) groups excluding carboxylic acids is 1. The summed E-state index contributed by atoms with van der Waals surface area (Å²) in [5.74, 6) is 0.166. The van der Waals surface area contributed by atoms with Gasteiger partial charge in [0.15, 0.2) is 0 Å². The number of para-hydroxylation sites is 1. The van der Waals surface area contributed by atoms with Crippen LogP contribution in [0.15, 0.2) is 52.5 Å². The van der Waals surface area contributed by atoms with Crippen molar-refractivity contribution in [3.05, 3.63) is 61.6 Å². The summed E-state index contributed by atoms with van der Waals surface area (Å²) >= 11 is 5.52. The lowest BCUT2D eigenvalue weighted by atomic mass is 10.1. The van der Waals surface area contributed by atoms with Crippen LogP contribution in [-0.2, 0) is 4.79 Å². The smallest absolute Gasteiger partial charge is 0.266 e. The predicted molar refractivity (Wildman–Crippen MR) is 107 cm³/mol. The van der Waals surface area contributed by atoms with Crippen molar-refractivity contribution in [3.8, 4) is 11.8 Å². The fraction of sp³-hybridized carbons (Fsp3) is 0.111. The molecule has 2 rings (SSSR count). The first kappa shape index (κ1) is 18.5. The molecule has 1 amide bonds. The molecule has 0 aromatic heterocycles. The van der Waals surface area contributed by atoms with E-state index in [1.54, 1.807) is 12.1 Å². The molecule has 0 unspecified atom stereocenters. The van der Waals surface area contributed by atoms with Crippen molar-refractivity contribution in [1.29, 1.82) is 5.26 Å². The Hall–Kier alpha value is -1.85. The molecule has 24 heavy (non-hydrogen) atoms. The third-order valence-electron chi connectivity index (χ3n) is 3.06. The second kappa shape index (κ2) is 8.85. The van der Waals surface area contributed by atoms with E-state index in [1.165, 1.54) is 6.08 Å². The molecule has 0 fully saturated rings. The molecule has 0 spiro atoms. The van der Waals surface area contributed by atoms with Crippen LogP contribution < -0.4 is 10.1 Å². The van der Waals surface area contributed by atoms with Crippen LogP contribution in [0.1, 0.15) is 12.5 Å². The summed E-state index contributed by atoms with van der Waals surface area (Å²) in [4.78, 5) is 12.4. The van der Waals surface area contributed by atoms with Crippen molar-refractivity contribution in [2.75, 3.05) is 11.9 Å². The molecule has 0 aliphatic carbocycles. The lowest BCUT2D eigenvalue weighted by Crippen LogP contribution is -2.14. The Morgan fingerprint density at radius 1 is 1.38 bits per heavy atom. The van der Waals surface area contributed by atoms with Gasteiger partial charge in [0.1, 0.15) is 17.4 Å². The van der Waals surface area contributed by atoms with Crippen LogP contribution in [0.2, 0.25) is 0 Å². The van der Waals surface area contributed by atoms with Crippen molar-refractivity contribution in [1.82, 2.24) is 0 Å². The first-order valence-corrected chi connectivity index (χ1v) is 9.02. The highest BCUT2D eigenvalue weighted by Crippen LogP contribution is 2.26. The van der Waals surface area contributed by atoms with Gasteiger partial charge >= 0.3 is 0 Å². The van der Waals surface area contributed by atoms with Gasteiger partial charge in [-0.25, -0.2) is 0 Å². The quantitative estimate of drug-likeness (QED) is 0.360. The maximum atomic E-state index is 12.4. The second-order valence-electron chi connectivity index (χ2n) is 4.72. The zero-order chi connectivity index (χ0) is 17.5. The van der Waals surface area contributed by atoms with E-state index in [1.807, 2.05) is 43.3 Å². The summed E-state index contributed by atoms with van der Waals surface area (Å²) in [5.41, 5.74) is 1.35. The minimum atomic E-state index is -0.455. The number of amides is 1. The highest BCUT2D eigenvalue weighted by Gasteiger charge is 2.13. The van der Waals surface area contributed by atoms with Crippen LogP contribution >= 0.6 is 38.5 Å². The SMILES string of the molecule is CCOc1ccc(Br)cc1/C=C(\C#N)C(=O)Nc1ccccc1I. The Labute approximate surface area is 162 Å². The Balaban J connectivity index is 2.33. The molecule has 0 aliphatic rings. The van der Waals surface area contributed by atoms with Gasteiger partial charge in [0.2, 0.25) is 0 Å². The standard InChI is InChI=1S/C18H14BrIN2O2/c1-2-24-17-8-7-14(19)10-12(17)9-13(11-21)18(23)22-16-6-4-3-5-15(16)20/h3-10H,2H2,1H3,(H,22,23)/b13-9+. The molecule has 2 aromatic carbocycles. The summed E-state index contributed by atoms with van der Waals surface area (Å²) in [6, 6.07) is 14.8. The zero-order valence-corrected chi connectivity index (χ0v) is 16.6. The average molecular weight is 497 g/mol. The van der Waals surface area contributed by atoms with Crippen molar-refractivity contribution in [3.63, 3.8) is 0 Å². The molecule has 0 heterocycles. The first-order valence-electron chi connectivity index (χ1n) is 7.15. The Morgan fingerprint density at radius 3 is 2.79 bits per heavy atom. The van der Waals surface area contributed by atoms with Crippen LogP contribution in [0, 0.1) is 14.9 Å². The second-order valence-corrected chi connectivity index (χ2v) is 6.80. The number of nitrogens with zero attached hydrogens (tertiary/aromatic N) is 1. The van der Waals surface area contributed by atoms with Gasteiger partial charge in [-0.05, 0) is 65.9 Å². The van der Waals surface area contributed by atoms with Crippen LogP contribution in [0.4, 0.5) is 5.69 Å². The molecular formula is C18H14BrIN2O2. The lowest BCUT2D eigenvalue weighted by molar-refractivity contribution is -0.112. The van der Waals surface area contributed by atoms with Crippen molar-refractivity contribution < 1.29 is 9.53 Å². The Kier molecular flexibility index (Phi) is 6.82. The number of halogens is 2. The van der Waals surface area contributed by atoms with E-state index in [9.17, 15) is 10.1 Å². The number of hydrogen-bond donors (Lipinski definition) is 1. The highest BCUT2D eigenvalue weighted by molar-refractivity contribution is 14.1. The van der Waals surface area contributed by atoms with Crippen LogP contribution in [0.3, 0.4) is 0 Å². The molecule has 0 bridgehead atoms. The number of nitrogens with one attached hydrogen (secondary N) is 1. The molecule has 0 saturated heterocycles. The molecule has 6 heteroatoms. The molecule has 0 saturated carbocycles. The van der Waals surface area contributed by atoms with E-state index < -0.39 is 5.91 Å². The Morgan fingerprint density at radius 2 is 2.12 bits per heavy atom. The normalized spacial score (nSPS) is 10.8. The van der Waals surface area contributed by atoms with Crippen LogP contribution in [-0.4, -0.2) is 12.5 Å². The average Bonchev–Trinajstić information content (AvgIpc) is 2.57. The van der Waals surface area contributed by atoms with Crippen LogP contribution in [0.25, 0.3) is 6.08 Å². The number of anilines is 1. The van der Waals surface area contributed by atoms with E-state index in [0.29, 0.717) is 23.6 Å². The molecule has 0 radical (unpaired) electrons. The van der Waals surface area contributed by atoms with Gasteiger partial charge < -0.3 is 10.1 Å². The summed E-state index contributed by atoms with van der Waals surface area (Å²) < 4.78 is 7.29. The molecule has 122 valence electrons. The predicted octanol–water partition coefficient (Wildman–Crippen LogP) is 5.00. The summed E-state index contributed by atoms with van der Waals surface area (Å²) in [5, 5.41) is 12.1. The van der Waals surface area contributed by atoms with Gasteiger partial charge in [-0.15, -0.1) is 0 Å². The van der Waals surface area contributed by atoms with Gasteiger partial charge in [0.05, 0.1) is 12.3 Å². The van der Waals surface area contributed by atoms with Gasteiger partial charge in [-0.3, -0.25) is 4.79 Å². The number of hydrogen-bond acceptors (Lipinski definition) is 3. The van der Waals surface area contributed by atoms with Crippen molar-refractivity contribution >= 4 is 56.2 Å². The van der Waals surface area contributed by atoms with E-state index >= 15 is 0 Å². The number of benzene rings is 2. The van der Waals surface area contributed by atoms with Gasteiger partial charge in [0, 0.05) is 13.6 Å². The van der Waals surface area contributed by atoms with Gasteiger partial charge in [0.25, 0.3) is 5.91 Å². The fourth-order valence-corrected chi connectivity index (χ4v) is 2.88. The highest BCUT2D eigenvalue weighted by atomic mass is 127. The minimum Gasteiger partial charge on any atom is -0.493 e. The summed E-state index contributed by atoms with van der Waals surface area (Å²) in [6.45, 7) is 2.38. The fourth-order valence-electron chi connectivity index (χ4n) is 1.98. The molecule has 4 nitrogen and oxygen atoms in total. The monoisotopic (exact) mass is 496 g/mol. The maximum Gasteiger partial charge on any atom is 0.266 e. The van der Waals surface area contributed by atoms with E-state index in [-0.39, 0.29) is 5.57 Å². The zero-order valence-electron chi connectivity index (χ0n) is 12.8. The topological polar surface area (TPSA) is 62.1 Å². The number of ether oxygens (including phenoxy) is 1. The summed E-state index contributed by atoms with van der Waals surface area (Å²) in [6.07, 6.45) is 1.53. The van der Waals surface area contributed by atoms with Gasteiger partial charge in [-0.2, -0.15) is 5.26 Å². The number of nitriles is 1. The van der Waals surface area contributed by atoms with E-state index in [0.717, 1.165) is 8.04 Å². The lowest BCUT2D eigenvalue weighted by Gasteiger charge is -2.09. The van der Waals surface area contributed by atoms with E-state index in [4.69, 9.17) is 4.74 Å². The number of rotatable bonds is 5. The maximum absolute atomic E-state index is 12.4. The molecule has 2 aromatic rings. The molecule has 1 N–H and O–H groups in total. The third kappa shape index (κ3) is 4.82. The van der Waals surface area contributed by atoms with Crippen molar-refractivity contribution in [2.24, 2.45) is 0 Å². The minimum absolute atomic E-state index is 0.00806. The number of carbonyl (C=O) groups is 1. The molecular weight excluding hydrogens is 483 g/mol. The van der Waals surface area contributed by atoms with E-state index in [2.05, 4.69) is 43.8 Å². The van der Waals surface area contributed by atoms with Crippen molar-refractivity contribution in [2.45, 2.75) is 6.92 Å². The Bertz CT molecular complexity index is 828.